The van der Waals surface area contributed by atoms with Crippen LogP contribution >= 0.6 is 23.1 Å². The Morgan fingerprint density at radius 3 is 2.80 bits per heavy atom. The van der Waals surface area contributed by atoms with Crippen molar-refractivity contribution in [1.29, 1.82) is 0 Å². The van der Waals surface area contributed by atoms with Crippen molar-refractivity contribution < 1.29 is 9.59 Å². The van der Waals surface area contributed by atoms with Crippen LogP contribution in [0.4, 0.5) is 5.13 Å². The topological polar surface area (TPSA) is 75.2 Å². The molecule has 1 aromatic rings. The van der Waals surface area contributed by atoms with Gasteiger partial charge in [0.05, 0.1) is 5.75 Å². The second-order valence-corrected chi connectivity index (χ2v) is 6.79. The van der Waals surface area contributed by atoms with Crippen molar-refractivity contribution in [3.8, 4) is 0 Å². The number of aromatic nitrogens is 2. The third kappa shape index (κ3) is 4.17. The lowest BCUT2D eigenvalue weighted by atomic mass is 10.5. The molecular weight excluding hydrogens is 296 g/mol. The van der Waals surface area contributed by atoms with E-state index in [-0.39, 0.29) is 17.9 Å². The van der Waals surface area contributed by atoms with E-state index in [1.54, 1.807) is 11.8 Å². The third-order valence-electron chi connectivity index (χ3n) is 2.75. The molecule has 1 aromatic heterocycles. The van der Waals surface area contributed by atoms with Crippen molar-refractivity contribution in [1.82, 2.24) is 15.5 Å². The van der Waals surface area contributed by atoms with Crippen LogP contribution in [0.15, 0.2) is 4.34 Å². The minimum absolute atomic E-state index is 0.000725. The summed E-state index contributed by atoms with van der Waals surface area (Å²) in [4.78, 5) is 24.8. The molecule has 1 N–H and O–H groups in total. The molecular formula is C12H18N4O2S2. The summed E-state index contributed by atoms with van der Waals surface area (Å²) in [5.74, 6) is 0.332. The van der Waals surface area contributed by atoms with Gasteiger partial charge in [-0.15, -0.1) is 10.2 Å². The summed E-state index contributed by atoms with van der Waals surface area (Å²) in [5.41, 5.74) is 0. The summed E-state index contributed by atoms with van der Waals surface area (Å²) < 4.78 is 0.721. The van der Waals surface area contributed by atoms with Crippen LogP contribution in [0.1, 0.15) is 33.1 Å². The van der Waals surface area contributed by atoms with Crippen molar-refractivity contribution >= 4 is 40.0 Å². The third-order valence-corrected chi connectivity index (χ3v) is 4.81. The largest absolute Gasteiger partial charge is 0.355 e. The molecule has 0 spiro atoms. The second kappa shape index (κ2) is 7.03. The van der Waals surface area contributed by atoms with Gasteiger partial charge in [-0.1, -0.05) is 30.0 Å². The Kier molecular flexibility index (Phi) is 5.36. The van der Waals surface area contributed by atoms with E-state index in [1.165, 1.54) is 23.1 Å². The number of hydrogen-bond donors (Lipinski definition) is 1. The molecule has 110 valence electrons. The van der Waals surface area contributed by atoms with Crippen molar-refractivity contribution in [3.63, 3.8) is 0 Å². The van der Waals surface area contributed by atoms with Crippen LogP contribution in [-0.4, -0.2) is 40.4 Å². The average molecular weight is 314 g/mol. The predicted octanol–water partition coefficient (Wildman–Crippen LogP) is 1.67. The Bertz CT molecular complexity index is 488. The molecule has 2 rings (SSSR count). The highest BCUT2D eigenvalue weighted by Gasteiger charge is 2.34. The smallest absolute Gasteiger partial charge is 0.230 e. The second-order valence-electron chi connectivity index (χ2n) is 4.61. The molecule has 0 bridgehead atoms. The van der Waals surface area contributed by atoms with E-state index in [4.69, 9.17) is 0 Å². The first-order valence-electron chi connectivity index (χ1n) is 6.64. The zero-order valence-electron chi connectivity index (χ0n) is 11.6. The molecule has 0 unspecified atom stereocenters. The molecule has 0 aliphatic heterocycles. The highest BCUT2D eigenvalue weighted by molar-refractivity contribution is 8.01. The molecule has 8 heteroatoms. The van der Waals surface area contributed by atoms with Crippen molar-refractivity contribution in [3.05, 3.63) is 0 Å². The van der Waals surface area contributed by atoms with Crippen LogP contribution in [0.5, 0.6) is 0 Å². The summed E-state index contributed by atoms with van der Waals surface area (Å²) in [6, 6.07) is 0.283. The fourth-order valence-electron chi connectivity index (χ4n) is 1.68. The molecule has 2 amide bonds. The first-order valence-corrected chi connectivity index (χ1v) is 8.44. The highest BCUT2D eigenvalue weighted by Crippen LogP contribution is 2.35. The average Bonchev–Trinajstić information content (AvgIpc) is 3.12. The van der Waals surface area contributed by atoms with Gasteiger partial charge < -0.3 is 5.32 Å². The normalized spacial score (nSPS) is 14.1. The predicted molar refractivity (Wildman–Crippen MR) is 80.1 cm³/mol. The van der Waals surface area contributed by atoms with Crippen LogP contribution in [0.2, 0.25) is 0 Å². The number of anilines is 1. The maximum atomic E-state index is 11.6. The van der Waals surface area contributed by atoms with Crippen LogP contribution in [0.3, 0.4) is 0 Å². The lowest BCUT2D eigenvalue weighted by molar-refractivity contribution is -0.118. The number of nitrogens with zero attached hydrogens (tertiary/aromatic N) is 3. The van der Waals surface area contributed by atoms with E-state index < -0.39 is 0 Å². The van der Waals surface area contributed by atoms with Gasteiger partial charge in [-0.05, 0) is 19.3 Å². The van der Waals surface area contributed by atoms with Crippen LogP contribution in [0, 0.1) is 0 Å². The lowest BCUT2D eigenvalue weighted by Crippen LogP contribution is -2.30. The lowest BCUT2D eigenvalue weighted by Gasteiger charge is -2.15. The quantitative estimate of drug-likeness (QED) is 0.612. The van der Waals surface area contributed by atoms with E-state index in [2.05, 4.69) is 15.5 Å². The van der Waals surface area contributed by atoms with Crippen LogP contribution < -0.4 is 10.2 Å². The fraction of sp³-hybridized carbons (Fsp3) is 0.667. The number of thioether (sulfide) groups is 1. The summed E-state index contributed by atoms with van der Waals surface area (Å²) in [5, 5.41) is 11.5. The van der Waals surface area contributed by atoms with Crippen molar-refractivity contribution in [2.24, 2.45) is 0 Å². The van der Waals surface area contributed by atoms with Gasteiger partial charge in [0.1, 0.15) is 0 Å². The summed E-state index contributed by atoms with van der Waals surface area (Å²) in [6.07, 6.45) is 2.98. The van der Waals surface area contributed by atoms with E-state index in [0.29, 0.717) is 17.4 Å². The van der Waals surface area contributed by atoms with E-state index in [1.807, 2.05) is 6.92 Å². The van der Waals surface area contributed by atoms with E-state index in [9.17, 15) is 9.59 Å². The molecule has 1 fully saturated rings. The molecule has 0 aromatic carbocycles. The van der Waals surface area contributed by atoms with Crippen LogP contribution in [0.25, 0.3) is 0 Å². The Labute approximate surface area is 126 Å². The van der Waals surface area contributed by atoms with E-state index >= 15 is 0 Å². The SMILES string of the molecule is CCCNC(=O)CSc1nnc(N(C(C)=O)C2CC2)s1. The van der Waals surface area contributed by atoms with Crippen LogP contribution in [-0.2, 0) is 9.59 Å². The van der Waals surface area contributed by atoms with Gasteiger partial charge in [0, 0.05) is 19.5 Å². The highest BCUT2D eigenvalue weighted by atomic mass is 32.2. The number of nitrogens with one attached hydrogen (secondary N) is 1. The molecule has 1 aliphatic rings. The minimum atomic E-state index is -0.000725. The van der Waals surface area contributed by atoms with Gasteiger partial charge in [-0.2, -0.15) is 0 Å². The molecule has 0 radical (unpaired) electrons. The summed E-state index contributed by atoms with van der Waals surface area (Å²) in [7, 11) is 0. The molecule has 6 nitrogen and oxygen atoms in total. The fourth-order valence-corrected chi connectivity index (χ4v) is 3.47. The monoisotopic (exact) mass is 314 g/mol. The van der Waals surface area contributed by atoms with Gasteiger partial charge >= 0.3 is 0 Å². The van der Waals surface area contributed by atoms with E-state index in [0.717, 1.165) is 23.6 Å². The maximum Gasteiger partial charge on any atom is 0.230 e. The summed E-state index contributed by atoms with van der Waals surface area (Å²) in [6.45, 7) is 4.25. The molecule has 0 saturated heterocycles. The number of carbonyl (C=O) groups is 2. The van der Waals surface area contributed by atoms with Crippen molar-refractivity contribution in [2.75, 3.05) is 17.2 Å². The number of amides is 2. The molecule has 20 heavy (non-hydrogen) atoms. The van der Waals surface area contributed by atoms with Gasteiger partial charge in [-0.3, -0.25) is 14.5 Å². The van der Waals surface area contributed by atoms with Gasteiger partial charge in [-0.25, -0.2) is 0 Å². The Hall–Kier alpha value is -1.15. The number of carbonyl (C=O) groups excluding carboxylic acids is 2. The van der Waals surface area contributed by atoms with Crippen molar-refractivity contribution in [2.45, 2.75) is 43.5 Å². The first kappa shape index (κ1) is 15.2. The maximum absolute atomic E-state index is 11.6. The van der Waals surface area contributed by atoms with Gasteiger partial charge in [0.25, 0.3) is 0 Å². The Morgan fingerprint density at radius 2 is 2.20 bits per heavy atom. The number of rotatable bonds is 7. The Balaban J connectivity index is 1.88. The van der Waals surface area contributed by atoms with Gasteiger partial charge in [0.2, 0.25) is 16.9 Å². The summed E-state index contributed by atoms with van der Waals surface area (Å²) >= 11 is 2.73. The Morgan fingerprint density at radius 1 is 1.45 bits per heavy atom. The minimum Gasteiger partial charge on any atom is -0.355 e. The standard InChI is InChI=1S/C12H18N4O2S2/c1-3-6-13-10(18)7-19-12-15-14-11(20-12)16(8(2)17)9-4-5-9/h9H,3-7H2,1-2H3,(H,13,18). The number of hydrogen-bond acceptors (Lipinski definition) is 6. The molecule has 1 saturated carbocycles. The molecule has 0 atom stereocenters. The zero-order valence-corrected chi connectivity index (χ0v) is 13.2. The first-order chi connectivity index (χ1) is 9.61. The zero-order chi connectivity index (χ0) is 14.5. The molecule has 1 aliphatic carbocycles. The van der Waals surface area contributed by atoms with Gasteiger partial charge in [0.15, 0.2) is 4.34 Å². The molecule has 1 heterocycles.